The van der Waals surface area contributed by atoms with Crippen molar-refractivity contribution in [1.29, 1.82) is 0 Å². The van der Waals surface area contributed by atoms with Gasteiger partial charge in [0.1, 0.15) is 5.75 Å². The van der Waals surface area contributed by atoms with Crippen LogP contribution in [-0.4, -0.2) is 23.1 Å². The topological polar surface area (TPSA) is 23.5 Å². The molecule has 1 aromatic rings. The second-order valence-electron chi connectivity index (χ2n) is 7.30. The minimum atomic E-state index is 0.489. The van der Waals surface area contributed by atoms with Crippen molar-refractivity contribution in [1.82, 2.24) is 4.90 Å². The molecule has 1 aromatic carbocycles. The van der Waals surface area contributed by atoms with E-state index in [0.29, 0.717) is 11.8 Å². The van der Waals surface area contributed by atoms with Gasteiger partial charge in [-0.3, -0.25) is 4.90 Å². The van der Waals surface area contributed by atoms with Crippen LogP contribution in [0, 0.1) is 11.8 Å². The third kappa shape index (κ3) is 4.23. The number of phenolic OH excluding ortho intramolecular Hbond substituents is 1. The Hall–Kier alpha value is -1.02. The number of aromatic hydroxyl groups is 1. The molecule has 0 spiro atoms. The van der Waals surface area contributed by atoms with E-state index >= 15 is 0 Å². The van der Waals surface area contributed by atoms with Gasteiger partial charge in [0.25, 0.3) is 0 Å². The van der Waals surface area contributed by atoms with E-state index in [1.807, 2.05) is 12.1 Å². The van der Waals surface area contributed by atoms with Gasteiger partial charge in [-0.05, 0) is 67.8 Å². The van der Waals surface area contributed by atoms with Crippen molar-refractivity contribution in [3.8, 4) is 5.75 Å². The second kappa shape index (κ2) is 7.31. The SMILES string of the molecule is CC(C)CCN(CCC(C)C)C1CCc2c(O)cccc21. The van der Waals surface area contributed by atoms with Crippen molar-refractivity contribution >= 4 is 0 Å². The summed E-state index contributed by atoms with van der Waals surface area (Å²) in [5.74, 6) is 1.98. The van der Waals surface area contributed by atoms with Gasteiger partial charge >= 0.3 is 0 Å². The molecule has 2 nitrogen and oxygen atoms in total. The summed E-state index contributed by atoms with van der Waals surface area (Å²) in [5, 5.41) is 10.0. The first-order chi connectivity index (χ1) is 9.99. The first-order valence-electron chi connectivity index (χ1n) is 8.53. The monoisotopic (exact) mass is 289 g/mol. The molecule has 0 aromatic heterocycles. The van der Waals surface area contributed by atoms with E-state index in [9.17, 15) is 5.11 Å². The Morgan fingerprint density at radius 2 is 1.71 bits per heavy atom. The lowest BCUT2D eigenvalue weighted by Crippen LogP contribution is -2.31. The van der Waals surface area contributed by atoms with Crippen LogP contribution in [0.15, 0.2) is 18.2 Å². The molecule has 1 unspecified atom stereocenters. The molecule has 1 N–H and O–H groups in total. The number of benzene rings is 1. The predicted octanol–water partition coefficient (Wildman–Crippen LogP) is 4.77. The van der Waals surface area contributed by atoms with Gasteiger partial charge in [-0.15, -0.1) is 0 Å². The van der Waals surface area contributed by atoms with Crippen LogP contribution in [0.5, 0.6) is 5.75 Å². The summed E-state index contributed by atoms with van der Waals surface area (Å²) in [6.45, 7) is 11.5. The Kier molecular flexibility index (Phi) is 5.69. The summed E-state index contributed by atoms with van der Waals surface area (Å²) in [5.41, 5.74) is 2.55. The highest BCUT2D eigenvalue weighted by atomic mass is 16.3. The van der Waals surface area contributed by atoms with Crippen molar-refractivity contribution in [3.63, 3.8) is 0 Å². The lowest BCUT2D eigenvalue weighted by Gasteiger charge is -2.31. The van der Waals surface area contributed by atoms with E-state index in [4.69, 9.17) is 0 Å². The Morgan fingerprint density at radius 1 is 1.10 bits per heavy atom. The third-order valence-corrected chi connectivity index (χ3v) is 4.64. The number of hydrogen-bond acceptors (Lipinski definition) is 2. The highest BCUT2D eigenvalue weighted by molar-refractivity contribution is 5.44. The van der Waals surface area contributed by atoms with Gasteiger partial charge < -0.3 is 5.11 Å². The molecule has 0 saturated heterocycles. The van der Waals surface area contributed by atoms with Gasteiger partial charge in [-0.1, -0.05) is 39.8 Å². The highest BCUT2D eigenvalue weighted by Gasteiger charge is 2.29. The first kappa shape index (κ1) is 16.4. The lowest BCUT2D eigenvalue weighted by molar-refractivity contribution is 0.176. The average molecular weight is 289 g/mol. The van der Waals surface area contributed by atoms with E-state index in [-0.39, 0.29) is 0 Å². The molecule has 1 aliphatic carbocycles. The molecule has 2 heteroatoms. The summed E-state index contributed by atoms with van der Waals surface area (Å²) < 4.78 is 0. The normalized spacial score (nSPS) is 18.0. The molecule has 21 heavy (non-hydrogen) atoms. The fraction of sp³-hybridized carbons (Fsp3) is 0.684. The Morgan fingerprint density at radius 3 is 2.29 bits per heavy atom. The maximum absolute atomic E-state index is 10.0. The van der Waals surface area contributed by atoms with Crippen LogP contribution in [0.4, 0.5) is 0 Å². The molecule has 0 heterocycles. The standard InChI is InChI=1S/C19H31NO/c1-14(2)10-12-20(13-11-15(3)4)18-9-8-17-16(18)6-5-7-19(17)21/h5-7,14-15,18,21H,8-13H2,1-4H3. The number of nitrogens with zero attached hydrogens (tertiary/aromatic N) is 1. The van der Waals surface area contributed by atoms with Crippen molar-refractivity contribution in [2.24, 2.45) is 11.8 Å². The Labute approximate surface area is 130 Å². The fourth-order valence-corrected chi connectivity index (χ4v) is 3.26. The fourth-order valence-electron chi connectivity index (χ4n) is 3.26. The van der Waals surface area contributed by atoms with Gasteiger partial charge in [0.05, 0.1) is 0 Å². The summed E-state index contributed by atoms with van der Waals surface area (Å²) >= 11 is 0. The smallest absolute Gasteiger partial charge is 0.119 e. The van der Waals surface area contributed by atoms with Gasteiger partial charge in [-0.2, -0.15) is 0 Å². The van der Waals surface area contributed by atoms with Crippen LogP contribution in [-0.2, 0) is 6.42 Å². The van der Waals surface area contributed by atoms with Gasteiger partial charge in [-0.25, -0.2) is 0 Å². The molecule has 118 valence electrons. The summed E-state index contributed by atoms with van der Waals surface area (Å²) in [7, 11) is 0. The average Bonchev–Trinajstić information content (AvgIpc) is 2.84. The number of rotatable bonds is 7. The minimum Gasteiger partial charge on any atom is -0.508 e. The zero-order valence-electron chi connectivity index (χ0n) is 14.1. The number of phenols is 1. The molecular weight excluding hydrogens is 258 g/mol. The van der Waals surface area contributed by atoms with Crippen molar-refractivity contribution in [3.05, 3.63) is 29.3 Å². The molecule has 1 aliphatic rings. The maximum atomic E-state index is 10.0. The predicted molar refractivity (Wildman–Crippen MR) is 89.7 cm³/mol. The van der Waals surface area contributed by atoms with Gasteiger partial charge in [0, 0.05) is 6.04 Å². The number of hydrogen-bond donors (Lipinski definition) is 1. The summed E-state index contributed by atoms with van der Waals surface area (Å²) in [6, 6.07) is 6.54. The lowest BCUT2D eigenvalue weighted by atomic mass is 10.0. The summed E-state index contributed by atoms with van der Waals surface area (Å²) in [4.78, 5) is 2.66. The molecule has 0 aliphatic heterocycles. The molecule has 0 radical (unpaired) electrons. The van der Waals surface area contributed by atoms with Crippen molar-refractivity contribution in [2.75, 3.05) is 13.1 Å². The summed E-state index contributed by atoms with van der Waals surface area (Å²) in [6.07, 6.45) is 4.68. The maximum Gasteiger partial charge on any atom is 0.119 e. The van der Waals surface area contributed by atoms with Crippen LogP contribution in [0.25, 0.3) is 0 Å². The van der Waals surface area contributed by atoms with E-state index in [2.05, 4.69) is 38.7 Å². The number of fused-ring (bicyclic) bond motifs is 1. The Balaban J connectivity index is 2.12. The van der Waals surface area contributed by atoms with Gasteiger partial charge in [0.2, 0.25) is 0 Å². The van der Waals surface area contributed by atoms with Crippen LogP contribution < -0.4 is 0 Å². The van der Waals surface area contributed by atoms with Crippen LogP contribution in [0.1, 0.15) is 64.1 Å². The zero-order valence-corrected chi connectivity index (χ0v) is 14.1. The molecule has 0 fully saturated rings. The highest BCUT2D eigenvalue weighted by Crippen LogP contribution is 2.40. The molecule has 2 rings (SSSR count). The molecule has 0 amide bonds. The van der Waals surface area contributed by atoms with E-state index in [0.717, 1.165) is 24.7 Å². The van der Waals surface area contributed by atoms with E-state index in [1.165, 1.54) is 37.1 Å². The van der Waals surface area contributed by atoms with Crippen LogP contribution in [0.2, 0.25) is 0 Å². The second-order valence-corrected chi connectivity index (χ2v) is 7.30. The van der Waals surface area contributed by atoms with Crippen LogP contribution >= 0.6 is 0 Å². The zero-order chi connectivity index (χ0) is 15.4. The van der Waals surface area contributed by atoms with Crippen molar-refractivity contribution in [2.45, 2.75) is 59.4 Å². The molecule has 0 saturated carbocycles. The minimum absolute atomic E-state index is 0.489. The molecular formula is C19H31NO. The molecule has 1 atom stereocenters. The van der Waals surface area contributed by atoms with Crippen molar-refractivity contribution < 1.29 is 5.11 Å². The third-order valence-electron chi connectivity index (χ3n) is 4.64. The quantitative estimate of drug-likeness (QED) is 0.781. The van der Waals surface area contributed by atoms with Gasteiger partial charge in [0.15, 0.2) is 0 Å². The van der Waals surface area contributed by atoms with E-state index in [1.54, 1.807) is 0 Å². The van der Waals surface area contributed by atoms with Crippen LogP contribution in [0.3, 0.4) is 0 Å². The largest absolute Gasteiger partial charge is 0.508 e. The van der Waals surface area contributed by atoms with E-state index < -0.39 is 0 Å². The Bertz CT molecular complexity index is 441. The first-order valence-corrected chi connectivity index (χ1v) is 8.53. The molecule has 0 bridgehead atoms.